The van der Waals surface area contributed by atoms with E-state index >= 15 is 0 Å². The van der Waals surface area contributed by atoms with Crippen molar-refractivity contribution in [1.82, 2.24) is 15.0 Å². The summed E-state index contributed by atoms with van der Waals surface area (Å²) >= 11 is 0. The van der Waals surface area contributed by atoms with Crippen molar-refractivity contribution in [3.05, 3.63) is 76.7 Å². The molecular formula is C27H31N3. The van der Waals surface area contributed by atoms with Crippen LogP contribution >= 0.6 is 0 Å². The maximum absolute atomic E-state index is 5.03. The average Bonchev–Trinajstić information content (AvgIpc) is 2.76. The van der Waals surface area contributed by atoms with Gasteiger partial charge < -0.3 is 0 Å². The van der Waals surface area contributed by atoms with Gasteiger partial charge in [0.2, 0.25) is 0 Å². The first-order valence-corrected chi connectivity index (χ1v) is 11.2. The van der Waals surface area contributed by atoms with E-state index in [4.69, 9.17) is 15.0 Å². The van der Waals surface area contributed by atoms with Gasteiger partial charge in [0.1, 0.15) is 0 Å². The number of aromatic nitrogens is 3. The van der Waals surface area contributed by atoms with Crippen molar-refractivity contribution in [2.75, 3.05) is 0 Å². The Morgan fingerprint density at radius 3 is 2.07 bits per heavy atom. The Balaban J connectivity index is 1.70. The van der Waals surface area contributed by atoms with Crippen LogP contribution in [0.5, 0.6) is 0 Å². The van der Waals surface area contributed by atoms with Gasteiger partial charge in [-0.2, -0.15) is 0 Å². The van der Waals surface area contributed by atoms with E-state index in [-0.39, 0.29) is 5.92 Å². The summed E-state index contributed by atoms with van der Waals surface area (Å²) in [5, 5.41) is 1.23. The molecule has 2 aromatic carbocycles. The van der Waals surface area contributed by atoms with E-state index < -0.39 is 0 Å². The number of hydrogen-bond donors (Lipinski definition) is 0. The number of benzene rings is 2. The SMILES string of the molecule is CCc1cc2ccc(CC(C)c3nc4ccccc4nc3C(C)C)cc2nc1CC. The predicted molar refractivity (Wildman–Crippen MR) is 126 cm³/mol. The van der Waals surface area contributed by atoms with Crippen LogP contribution in [-0.4, -0.2) is 15.0 Å². The molecule has 3 nitrogen and oxygen atoms in total. The zero-order valence-corrected chi connectivity index (χ0v) is 18.7. The second-order valence-corrected chi connectivity index (χ2v) is 8.57. The number of rotatable bonds is 6. The number of pyridine rings is 1. The summed E-state index contributed by atoms with van der Waals surface area (Å²) in [7, 11) is 0. The van der Waals surface area contributed by atoms with Crippen molar-refractivity contribution >= 4 is 21.9 Å². The van der Waals surface area contributed by atoms with Gasteiger partial charge in [-0.05, 0) is 60.6 Å². The molecule has 0 aliphatic carbocycles. The molecule has 0 aliphatic rings. The maximum atomic E-state index is 5.03. The minimum atomic E-state index is 0.289. The molecule has 0 spiro atoms. The maximum Gasteiger partial charge on any atom is 0.0890 e. The molecule has 154 valence electrons. The monoisotopic (exact) mass is 397 g/mol. The van der Waals surface area contributed by atoms with Crippen molar-refractivity contribution in [1.29, 1.82) is 0 Å². The van der Waals surface area contributed by atoms with Gasteiger partial charge in [-0.25, -0.2) is 9.97 Å². The first-order valence-electron chi connectivity index (χ1n) is 11.2. The van der Waals surface area contributed by atoms with E-state index in [1.165, 1.54) is 22.2 Å². The summed E-state index contributed by atoms with van der Waals surface area (Å²) in [5.41, 5.74) is 9.17. The average molecular weight is 398 g/mol. The van der Waals surface area contributed by atoms with E-state index in [0.29, 0.717) is 5.92 Å². The minimum Gasteiger partial charge on any atom is -0.253 e. The van der Waals surface area contributed by atoms with Crippen LogP contribution in [0.1, 0.15) is 74.7 Å². The highest BCUT2D eigenvalue weighted by Crippen LogP contribution is 2.29. The van der Waals surface area contributed by atoms with Crippen LogP contribution in [0.25, 0.3) is 21.9 Å². The van der Waals surface area contributed by atoms with Crippen molar-refractivity contribution in [2.24, 2.45) is 0 Å². The second kappa shape index (κ2) is 8.51. The number of nitrogens with zero attached hydrogens (tertiary/aromatic N) is 3. The summed E-state index contributed by atoms with van der Waals surface area (Å²) in [6.07, 6.45) is 2.94. The molecule has 0 aliphatic heterocycles. The molecular weight excluding hydrogens is 366 g/mol. The van der Waals surface area contributed by atoms with Gasteiger partial charge in [-0.15, -0.1) is 0 Å². The molecule has 2 aromatic heterocycles. The summed E-state index contributed by atoms with van der Waals surface area (Å²) in [6, 6.07) is 17.2. The molecule has 2 heterocycles. The molecule has 0 fully saturated rings. The first kappa shape index (κ1) is 20.5. The molecule has 1 atom stereocenters. The second-order valence-electron chi connectivity index (χ2n) is 8.57. The highest BCUT2D eigenvalue weighted by Gasteiger charge is 2.18. The fourth-order valence-electron chi connectivity index (χ4n) is 4.30. The van der Waals surface area contributed by atoms with E-state index in [2.05, 4.69) is 65.0 Å². The zero-order chi connectivity index (χ0) is 21.3. The lowest BCUT2D eigenvalue weighted by Gasteiger charge is -2.18. The number of fused-ring (bicyclic) bond motifs is 2. The summed E-state index contributed by atoms with van der Waals surface area (Å²) in [6.45, 7) is 11.1. The van der Waals surface area contributed by atoms with Crippen LogP contribution in [0.2, 0.25) is 0 Å². The Hall–Kier alpha value is -2.81. The predicted octanol–water partition coefficient (Wildman–Crippen LogP) is 6.77. The van der Waals surface area contributed by atoms with Gasteiger partial charge in [0, 0.05) is 17.0 Å². The Kier molecular flexibility index (Phi) is 5.80. The van der Waals surface area contributed by atoms with Crippen LogP contribution in [0.3, 0.4) is 0 Å². The minimum absolute atomic E-state index is 0.289. The van der Waals surface area contributed by atoms with Crippen LogP contribution in [0, 0.1) is 0 Å². The zero-order valence-electron chi connectivity index (χ0n) is 18.7. The molecule has 3 heteroatoms. The Morgan fingerprint density at radius 2 is 1.43 bits per heavy atom. The largest absolute Gasteiger partial charge is 0.253 e. The van der Waals surface area contributed by atoms with Crippen molar-refractivity contribution in [3.8, 4) is 0 Å². The van der Waals surface area contributed by atoms with Gasteiger partial charge in [0.05, 0.1) is 27.9 Å². The molecule has 0 amide bonds. The Labute approximate surface area is 179 Å². The molecule has 4 aromatic rings. The van der Waals surface area contributed by atoms with Crippen LogP contribution < -0.4 is 0 Å². The van der Waals surface area contributed by atoms with Crippen LogP contribution in [0.15, 0.2) is 48.5 Å². The van der Waals surface area contributed by atoms with Crippen LogP contribution in [0.4, 0.5) is 0 Å². The van der Waals surface area contributed by atoms with E-state index in [1.807, 2.05) is 18.2 Å². The van der Waals surface area contributed by atoms with Gasteiger partial charge >= 0.3 is 0 Å². The lowest BCUT2D eigenvalue weighted by atomic mass is 9.92. The van der Waals surface area contributed by atoms with Crippen molar-refractivity contribution in [3.63, 3.8) is 0 Å². The van der Waals surface area contributed by atoms with Crippen LogP contribution in [-0.2, 0) is 19.3 Å². The molecule has 0 radical (unpaired) electrons. The standard InChI is InChI=1S/C27H31N3/c1-6-20-16-21-13-12-19(15-25(21)28-22(20)7-2)14-18(5)27-26(17(3)4)29-23-10-8-9-11-24(23)30-27/h8-13,15-18H,6-7,14H2,1-5H3. The molecule has 0 saturated carbocycles. The Morgan fingerprint density at radius 1 is 0.733 bits per heavy atom. The Bertz CT molecular complexity index is 1190. The molecule has 0 bridgehead atoms. The van der Waals surface area contributed by atoms with Gasteiger partial charge in [0.15, 0.2) is 0 Å². The smallest absolute Gasteiger partial charge is 0.0890 e. The third kappa shape index (κ3) is 3.94. The molecule has 0 saturated heterocycles. The summed E-state index contributed by atoms with van der Waals surface area (Å²) in [5.74, 6) is 0.634. The normalized spacial score (nSPS) is 12.7. The highest BCUT2D eigenvalue weighted by molar-refractivity contribution is 5.80. The summed E-state index contributed by atoms with van der Waals surface area (Å²) in [4.78, 5) is 14.9. The molecule has 1 unspecified atom stereocenters. The van der Waals surface area contributed by atoms with Gasteiger partial charge in [-0.3, -0.25) is 4.98 Å². The van der Waals surface area contributed by atoms with E-state index in [1.54, 1.807) is 0 Å². The topological polar surface area (TPSA) is 38.7 Å². The third-order valence-corrected chi connectivity index (χ3v) is 5.95. The molecule has 4 rings (SSSR count). The molecule has 0 N–H and O–H groups in total. The summed E-state index contributed by atoms with van der Waals surface area (Å²) < 4.78 is 0. The van der Waals surface area contributed by atoms with E-state index in [9.17, 15) is 0 Å². The quantitative estimate of drug-likeness (QED) is 0.360. The fraction of sp³-hybridized carbons (Fsp3) is 0.370. The molecule has 30 heavy (non-hydrogen) atoms. The van der Waals surface area contributed by atoms with Gasteiger partial charge in [-0.1, -0.05) is 58.9 Å². The highest BCUT2D eigenvalue weighted by atomic mass is 14.8. The van der Waals surface area contributed by atoms with Crippen molar-refractivity contribution < 1.29 is 0 Å². The third-order valence-electron chi connectivity index (χ3n) is 5.95. The van der Waals surface area contributed by atoms with Crippen molar-refractivity contribution in [2.45, 2.75) is 65.7 Å². The number of hydrogen-bond acceptors (Lipinski definition) is 3. The lowest BCUT2D eigenvalue weighted by molar-refractivity contribution is 0.688. The first-order chi connectivity index (χ1) is 14.5. The number of para-hydroxylation sites is 2. The lowest BCUT2D eigenvalue weighted by Crippen LogP contribution is -2.09. The fourth-order valence-corrected chi connectivity index (χ4v) is 4.30. The van der Waals surface area contributed by atoms with Gasteiger partial charge in [0.25, 0.3) is 0 Å². The number of aryl methyl sites for hydroxylation is 2. The van der Waals surface area contributed by atoms with E-state index in [0.717, 1.165) is 47.2 Å².